The Morgan fingerprint density at radius 3 is 2.52 bits per heavy atom. The summed E-state index contributed by atoms with van der Waals surface area (Å²) in [6.07, 6.45) is 6.06. The number of amides is 2. The van der Waals surface area contributed by atoms with Crippen molar-refractivity contribution in [3.8, 4) is 5.88 Å². The van der Waals surface area contributed by atoms with Gasteiger partial charge in [0.15, 0.2) is 0 Å². The summed E-state index contributed by atoms with van der Waals surface area (Å²) >= 11 is 0. The van der Waals surface area contributed by atoms with Gasteiger partial charge >= 0.3 is 6.03 Å². The topological polar surface area (TPSA) is 72.9 Å². The highest BCUT2D eigenvalue weighted by Crippen LogP contribution is 2.18. The summed E-state index contributed by atoms with van der Waals surface area (Å²) in [7, 11) is 1.58. The fourth-order valence-electron chi connectivity index (χ4n) is 3.33. The SMILES string of the molecule is COc1ncccc1CNC(=O)N(C[C@H]1CCCO1)C[C@@H]1CCCO1. The summed E-state index contributed by atoms with van der Waals surface area (Å²) in [6.45, 7) is 3.16. The van der Waals surface area contributed by atoms with Crippen LogP contribution in [0.1, 0.15) is 31.2 Å². The predicted molar refractivity (Wildman–Crippen MR) is 92.5 cm³/mol. The first-order valence-electron chi connectivity index (χ1n) is 9.00. The molecule has 2 atom stereocenters. The van der Waals surface area contributed by atoms with Gasteiger partial charge in [-0.15, -0.1) is 0 Å². The van der Waals surface area contributed by atoms with Gasteiger partial charge in [-0.3, -0.25) is 0 Å². The predicted octanol–water partition coefficient (Wildman–Crippen LogP) is 1.96. The Hall–Kier alpha value is -1.86. The van der Waals surface area contributed by atoms with Gasteiger partial charge in [-0.25, -0.2) is 9.78 Å². The molecule has 138 valence electrons. The minimum absolute atomic E-state index is 0.100. The lowest BCUT2D eigenvalue weighted by molar-refractivity contribution is 0.0498. The van der Waals surface area contributed by atoms with Gasteiger partial charge in [-0.05, 0) is 31.7 Å². The highest BCUT2D eigenvalue weighted by molar-refractivity contribution is 5.74. The third-order valence-electron chi connectivity index (χ3n) is 4.66. The van der Waals surface area contributed by atoms with Crippen molar-refractivity contribution in [2.45, 2.75) is 44.4 Å². The van der Waals surface area contributed by atoms with Crippen LogP contribution in [0.3, 0.4) is 0 Å². The van der Waals surface area contributed by atoms with E-state index >= 15 is 0 Å². The Morgan fingerprint density at radius 1 is 1.28 bits per heavy atom. The average Bonchev–Trinajstić information content (AvgIpc) is 3.33. The lowest BCUT2D eigenvalue weighted by Gasteiger charge is -2.28. The number of carbonyl (C=O) groups is 1. The zero-order chi connectivity index (χ0) is 17.5. The number of nitrogens with zero attached hydrogens (tertiary/aromatic N) is 2. The first-order chi connectivity index (χ1) is 12.3. The van der Waals surface area contributed by atoms with Crippen molar-refractivity contribution in [1.29, 1.82) is 0 Å². The second-order valence-electron chi connectivity index (χ2n) is 6.51. The molecule has 0 aromatic carbocycles. The molecule has 3 heterocycles. The number of aromatic nitrogens is 1. The van der Waals surface area contributed by atoms with Crippen LogP contribution in [0, 0.1) is 0 Å². The minimum atomic E-state index is -0.100. The number of ether oxygens (including phenoxy) is 3. The highest BCUT2D eigenvalue weighted by atomic mass is 16.5. The van der Waals surface area contributed by atoms with Gasteiger partial charge in [0.2, 0.25) is 5.88 Å². The molecule has 2 amide bonds. The van der Waals surface area contributed by atoms with Crippen molar-refractivity contribution in [2.24, 2.45) is 0 Å². The summed E-state index contributed by atoms with van der Waals surface area (Å²) in [5.74, 6) is 0.535. The number of hydrogen-bond donors (Lipinski definition) is 1. The molecule has 2 saturated heterocycles. The third-order valence-corrected chi connectivity index (χ3v) is 4.66. The maximum Gasteiger partial charge on any atom is 0.317 e. The molecule has 0 bridgehead atoms. The van der Waals surface area contributed by atoms with Gasteiger partial charge in [0.05, 0.1) is 19.3 Å². The number of pyridine rings is 1. The monoisotopic (exact) mass is 349 g/mol. The van der Waals surface area contributed by atoms with Gasteiger partial charge in [0.1, 0.15) is 0 Å². The van der Waals surface area contributed by atoms with Crippen LogP contribution in [0.5, 0.6) is 5.88 Å². The first-order valence-corrected chi connectivity index (χ1v) is 9.00. The van der Waals surface area contributed by atoms with E-state index in [0.717, 1.165) is 44.5 Å². The second kappa shape index (κ2) is 9.01. The summed E-state index contributed by atoms with van der Waals surface area (Å²) in [6, 6.07) is 3.63. The largest absolute Gasteiger partial charge is 0.481 e. The number of hydrogen-bond acceptors (Lipinski definition) is 5. The molecule has 0 spiro atoms. The van der Waals surface area contributed by atoms with E-state index in [-0.39, 0.29) is 18.2 Å². The normalized spacial score (nSPS) is 22.8. The van der Waals surface area contributed by atoms with Crippen LogP contribution in [0.4, 0.5) is 4.79 Å². The molecule has 3 rings (SSSR count). The maximum absolute atomic E-state index is 12.7. The Balaban J connectivity index is 1.58. The van der Waals surface area contributed by atoms with Crippen molar-refractivity contribution in [2.75, 3.05) is 33.4 Å². The summed E-state index contributed by atoms with van der Waals surface area (Å²) in [5.41, 5.74) is 0.854. The molecule has 0 unspecified atom stereocenters. The van der Waals surface area contributed by atoms with Crippen molar-refractivity contribution >= 4 is 6.03 Å². The lowest BCUT2D eigenvalue weighted by Crippen LogP contribution is -2.46. The van der Waals surface area contributed by atoms with E-state index in [2.05, 4.69) is 10.3 Å². The van der Waals surface area contributed by atoms with E-state index in [9.17, 15) is 4.79 Å². The Morgan fingerprint density at radius 2 is 1.96 bits per heavy atom. The molecule has 2 aliphatic rings. The van der Waals surface area contributed by atoms with Gasteiger partial charge in [0.25, 0.3) is 0 Å². The van der Waals surface area contributed by atoms with Gasteiger partial charge in [0, 0.05) is 44.6 Å². The van der Waals surface area contributed by atoms with Crippen molar-refractivity contribution < 1.29 is 19.0 Å². The molecule has 7 nitrogen and oxygen atoms in total. The molecule has 0 saturated carbocycles. The zero-order valence-corrected chi connectivity index (χ0v) is 14.8. The molecular formula is C18H27N3O4. The van der Waals surface area contributed by atoms with E-state index in [1.165, 1.54) is 0 Å². The Bertz CT molecular complexity index is 539. The molecule has 2 aliphatic heterocycles. The molecule has 1 aromatic rings. The zero-order valence-electron chi connectivity index (χ0n) is 14.8. The van der Waals surface area contributed by atoms with Crippen LogP contribution >= 0.6 is 0 Å². The van der Waals surface area contributed by atoms with Crippen molar-refractivity contribution in [3.05, 3.63) is 23.9 Å². The number of urea groups is 1. The molecule has 1 N–H and O–H groups in total. The molecule has 2 fully saturated rings. The molecule has 25 heavy (non-hydrogen) atoms. The maximum atomic E-state index is 12.7. The quantitative estimate of drug-likeness (QED) is 0.815. The van der Waals surface area contributed by atoms with Gasteiger partial charge in [-0.2, -0.15) is 0 Å². The number of methoxy groups -OCH3 is 1. The Kier molecular flexibility index (Phi) is 6.47. The third kappa shape index (κ3) is 5.06. The fraction of sp³-hybridized carbons (Fsp3) is 0.667. The molecular weight excluding hydrogens is 322 g/mol. The van der Waals surface area contributed by atoms with E-state index in [0.29, 0.717) is 25.5 Å². The van der Waals surface area contributed by atoms with Crippen LogP contribution in [0.15, 0.2) is 18.3 Å². The van der Waals surface area contributed by atoms with Crippen molar-refractivity contribution in [3.63, 3.8) is 0 Å². The van der Waals surface area contributed by atoms with Crippen LogP contribution < -0.4 is 10.1 Å². The van der Waals surface area contributed by atoms with E-state index in [4.69, 9.17) is 14.2 Å². The number of nitrogens with one attached hydrogen (secondary N) is 1. The highest BCUT2D eigenvalue weighted by Gasteiger charge is 2.26. The van der Waals surface area contributed by atoms with Crippen LogP contribution in [0.25, 0.3) is 0 Å². The van der Waals surface area contributed by atoms with Gasteiger partial charge < -0.3 is 24.4 Å². The molecule has 1 aromatic heterocycles. The average molecular weight is 349 g/mol. The molecule has 0 aliphatic carbocycles. The Labute approximate surface area is 148 Å². The van der Waals surface area contributed by atoms with Crippen LogP contribution in [0.2, 0.25) is 0 Å². The standard InChI is InChI=1S/C18H27N3O4/c1-23-17-14(5-2-8-19-17)11-20-18(22)21(12-15-6-3-9-24-15)13-16-7-4-10-25-16/h2,5,8,15-16H,3-4,6-7,9-13H2,1H3,(H,20,22)/t15-,16+. The van der Waals surface area contributed by atoms with Crippen LogP contribution in [-0.2, 0) is 16.0 Å². The summed E-state index contributed by atoms with van der Waals surface area (Å²) in [5, 5.41) is 2.98. The summed E-state index contributed by atoms with van der Waals surface area (Å²) in [4.78, 5) is 18.7. The van der Waals surface area contributed by atoms with Gasteiger partial charge in [-0.1, -0.05) is 6.07 Å². The van der Waals surface area contributed by atoms with E-state index in [1.54, 1.807) is 13.3 Å². The van der Waals surface area contributed by atoms with Crippen LogP contribution in [-0.4, -0.2) is 61.5 Å². The lowest BCUT2D eigenvalue weighted by atomic mass is 10.2. The van der Waals surface area contributed by atoms with Crippen molar-refractivity contribution in [1.82, 2.24) is 15.2 Å². The second-order valence-corrected chi connectivity index (χ2v) is 6.51. The summed E-state index contributed by atoms with van der Waals surface area (Å²) < 4.78 is 16.6. The smallest absolute Gasteiger partial charge is 0.317 e. The minimum Gasteiger partial charge on any atom is -0.481 e. The first kappa shape index (κ1) is 17.9. The fourth-order valence-corrected chi connectivity index (χ4v) is 3.33. The van der Waals surface area contributed by atoms with E-state index < -0.39 is 0 Å². The molecule has 0 radical (unpaired) electrons. The number of carbonyl (C=O) groups excluding carboxylic acids is 1. The number of rotatable bonds is 7. The van der Waals surface area contributed by atoms with E-state index in [1.807, 2.05) is 17.0 Å². The molecule has 7 heteroatoms.